The summed E-state index contributed by atoms with van der Waals surface area (Å²) in [5.74, 6) is 0. The molecule has 1 fully saturated rings. The Hall–Kier alpha value is -5.98. The SMILES string of the molecule is c1ccc(-c2cccc(-c3cccc4oc5cc(C6NC(c7ccccc7)NC(n7c8ccccc8c8ccccc87)N6)ccc5c34)c2)cc1. The maximum atomic E-state index is 6.61. The summed E-state index contributed by atoms with van der Waals surface area (Å²) >= 11 is 0. The summed E-state index contributed by atoms with van der Waals surface area (Å²) in [5.41, 5.74) is 11.2. The van der Waals surface area contributed by atoms with Crippen LogP contribution >= 0.6 is 0 Å². The zero-order chi connectivity index (χ0) is 33.0. The number of nitrogens with one attached hydrogen (secondary N) is 3. The van der Waals surface area contributed by atoms with Gasteiger partial charge in [-0.3, -0.25) is 16.0 Å². The molecule has 0 bridgehead atoms. The number of para-hydroxylation sites is 2. The Morgan fingerprint density at radius 1 is 0.420 bits per heavy atom. The third kappa shape index (κ3) is 4.83. The summed E-state index contributed by atoms with van der Waals surface area (Å²) in [6.45, 7) is 0. The van der Waals surface area contributed by atoms with Crippen molar-refractivity contribution in [2.75, 3.05) is 0 Å². The van der Waals surface area contributed by atoms with Gasteiger partial charge in [-0.2, -0.15) is 0 Å². The van der Waals surface area contributed by atoms with Gasteiger partial charge in [0.25, 0.3) is 0 Å². The molecule has 1 aliphatic heterocycles. The first-order valence-corrected chi connectivity index (χ1v) is 17.2. The van der Waals surface area contributed by atoms with Gasteiger partial charge >= 0.3 is 0 Å². The largest absolute Gasteiger partial charge is 0.456 e. The lowest BCUT2D eigenvalue weighted by Crippen LogP contribution is -2.56. The van der Waals surface area contributed by atoms with Crippen molar-refractivity contribution in [2.24, 2.45) is 0 Å². The number of benzene rings is 7. The molecule has 10 rings (SSSR count). The molecular formula is C45H34N4O. The Morgan fingerprint density at radius 3 is 1.80 bits per heavy atom. The van der Waals surface area contributed by atoms with E-state index in [0.717, 1.165) is 27.5 Å². The number of aromatic nitrogens is 1. The molecule has 7 aromatic carbocycles. The monoisotopic (exact) mass is 646 g/mol. The quantitative estimate of drug-likeness (QED) is 0.174. The summed E-state index contributed by atoms with van der Waals surface area (Å²) in [6, 6.07) is 60.3. The minimum atomic E-state index is -0.189. The Kier molecular flexibility index (Phi) is 6.88. The molecule has 240 valence electrons. The van der Waals surface area contributed by atoms with Gasteiger partial charge in [0.2, 0.25) is 0 Å². The van der Waals surface area contributed by atoms with Crippen LogP contribution in [0.2, 0.25) is 0 Å². The van der Waals surface area contributed by atoms with E-state index < -0.39 is 0 Å². The van der Waals surface area contributed by atoms with Crippen molar-refractivity contribution in [3.63, 3.8) is 0 Å². The Balaban J connectivity index is 1.07. The van der Waals surface area contributed by atoms with Crippen LogP contribution in [0.1, 0.15) is 29.7 Å². The molecule has 0 spiro atoms. The van der Waals surface area contributed by atoms with Crippen LogP contribution in [0.4, 0.5) is 0 Å². The van der Waals surface area contributed by atoms with E-state index in [2.05, 4.69) is 190 Å². The first kappa shape index (κ1) is 29.0. The highest BCUT2D eigenvalue weighted by atomic mass is 16.3. The van der Waals surface area contributed by atoms with E-state index >= 15 is 0 Å². The molecule has 3 N–H and O–H groups in total. The van der Waals surface area contributed by atoms with E-state index in [-0.39, 0.29) is 18.6 Å². The molecule has 3 heterocycles. The standard InChI is InChI=1S/C45H34N4O/c1-3-13-29(14-4-1)31-17-11-18-32(27-31)34-21-12-24-40-42(34)37-26-25-33(28-41(37)50-40)44-46-43(30-15-5-2-6-16-30)47-45(48-44)49-38-22-9-7-19-35(38)36-20-8-10-23-39(36)49/h1-28,43-48H. The normalized spacial score (nSPS) is 18.0. The average Bonchev–Trinajstić information content (AvgIpc) is 3.74. The zero-order valence-electron chi connectivity index (χ0n) is 27.3. The van der Waals surface area contributed by atoms with E-state index in [9.17, 15) is 0 Å². The second kappa shape index (κ2) is 11.9. The molecule has 0 amide bonds. The minimum absolute atomic E-state index is 0.0951. The molecule has 50 heavy (non-hydrogen) atoms. The van der Waals surface area contributed by atoms with E-state index in [1.807, 2.05) is 0 Å². The van der Waals surface area contributed by atoms with Crippen LogP contribution in [0, 0.1) is 0 Å². The Morgan fingerprint density at radius 2 is 1.04 bits per heavy atom. The molecule has 0 saturated carbocycles. The van der Waals surface area contributed by atoms with Crippen molar-refractivity contribution in [1.29, 1.82) is 0 Å². The molecular weight excluding hydrogens is 613 g/mol. The summed E-state index contributed by atoms with van der Waals surface area (Å²) in [6.07, 6.45) is -0.445. The van der Waals surface area contributed by atoms with Gasteiger partial charge in [0.05, 0.1) is 23.4 Å². The van der Waals surface area contributed by atoms with Crippen molar-refractivity contribution in [2.45, 2.75) is 18.6 Å². The summed E-state index contributed by atoms with van der Waals surface area (Å²) in [4.78, 5) is 0. The highest BCUT2D eigenvalue weighted by Gasteiger charge is 2.31. The van der Waals surface area contributed by atoms with E-state index in [1.165, 1.54) is 49.6 Å². The van der Waals surface area contributed by atoms with Crippen LogP contribution in [-0.4, -0.2) is 4.57 Å². The fourth-order valence-corrected chi connectivity index (χ4v) is 7.80. The summed E-state index contributed by atoms with van der Waals surface area (Å²) in [7, 11) is 0. The average molecular weight is 647 g/mol. The second-order valence-electron chi connectivity index (χ2n) is 13.1. The van der Waals surface area contributed by atoms with Gasteiger partial charge in [0, 0.05) is 21.5 Å². The summed E-state index contributed by atoms with van der Waals surface area (Å²) in [5, 5.41) is 16.4. The van der Waals surface area contributed by atoms with Crippen LogP contribution in [0.15, 0.2) is 174 Å². The Labute approximate surface area is 289 Å². The van der Waals surface area contributed by atoms with Gasteiger partial charge < -0.3 is 8.98 Å². The molecule has 1 aliphatic rings. The lowest BCUT2D eigenvalue weighted by atomic mass is 9.95. The van der Waals surface area contributed by atoms with Gasteiger partial charge in [-0.05, 0) is 63.7 Å². The number of fused-ring (bicyclic) bond motifs is 6. The molecule has 9 aromatic rings. The molecule has 5 heteroatoms. The minimum Gasteiger partial charge on any atom is -0.456 e. The molecule has 2 aromatic heterocycles. The molecule has 0 aliphatic carbocycles. The smallest absolute Gasteiger partial charge is 0.142 e. The highest BCUT2D eigenvalue weighted by molar-refractivity contribution is 6.12. The third-order valence-corrected chi connectivity index (χ3v) is 10.1. The molecule has 5 nitrogen and oxygen atoms in total. The third-order valence-electron chi connectivity index (χ3n) is 10.1. The number of hydrogen-bond donors (Lipinski definition) is 3. The van der Waals surface area contributed by atoms with Crippen LogP contribution in [0.5, 0.6) is 0 Å². The predicted octanol–water partition coefficient (Wildman–Crippen LogP) is 10.7. The van der Waals surface area contributed by atoms with Crippen molar-refractivity contribution in [3.05, 3.63) is 181 Å². The second-order valence-corrected chi connectivity index (χ2v) is 13.1. The molecule has 1 saturated heterocycles. The van der Waals surface area contributed by atoms with E-state index in [0.29, 0.717) is 0 Å². The van der Waals surface area contributed by atoms with Crippen LogP contribution < -0.4 is 16.0 Å². The van der Waals surface area contributed by atoms with Gasteiger partial charge in [-0.25, -0.2) is 0 Å². The number of hydrogen-bond acceptors (Lipinski definition) is 4. The maximum absolute atomic E-state index is 6.61. The van der Waals surface area contributed by atoms with Crippen molar-refractivity contribution in [1.82, 2.24) is 20.5 Å². The van der Waals surface area contributed by atoms with Crippen molar-refractivity contribution >= 4 is 43.7 Å². The van der Waals surface area contributed by atoms with E-state index in [1.54, 1.807) is 0 Å². The van der Waals surface area contributed by atoms with E-state index in [4.69, 9.17) is 4.42 Å². The number of rotatable bonds is 5. The predicted molar refractivity (Wildman–Crippen MR) is 204 cm³/mol. The van der Waals surface area contributed by atoms with Gasteiger partial charge in [-0.1, -0.05) is 140 Å². The topological polar surface area (TPSA) is 54.2 Å². The fraction of sp³-hybridized carbons (Fsp3) is 0.0667. The highest BCUT2D eigenvalue weighted by Crippen LogP contribution is 2.39. The zero-order valence-corrected chi connectivity index (χ0v) is 27.3. The molecule has 3 atom stereocenters. The van der Waals surface area contributed by atoms with Gasteiger partial charge in [0.15, 0.2) is 0 Å². The lowest BCUT2D eigenvalue weighted by molar-refractivity contribution is 0.161. The van der Waals surface area contributed by atoms with Crippen molar-refractivity contribution < 1.29 is 4.42 Å². The van der Waals surface area contributed by atoms with Crippen molar-refractivity contribution in [3.8, 4) is 22.3 Å². The molecule has 0 radical (unpaired) electrons. The Bertz CT molecular complexity index is 2610. The number of furan rings is 1. The lowest BCUT2D eigenvalue weighted by Gasteiger charge is -2.40. The first-order valence-electron chi connectivity index (χ1n) is 17.2. The van der Waals surface area contributed by atoms with Crippen LogP contribution in [-0.2, 0) is 0 Å². The maximum Gasteiger partial charge on any atom is 0.142 e. The van der Waals surface area contributed by atoms with Gasteiger partial charge in [-0.15, -0.1) is 0 Å². The van der Waals surface area contributed by atoms with Crippen LogP contribution in [0.25, 0.3) is 66.0 Å². The number of nitrogens with zero attached hydrogens (tertiary/aromatic N) is 1. The van der Waals surface area contributed by atoms with Crippen LogP contribution in [0.3, 0.4) is 0 Å². The van der Waals surface area contributed by atoms with Gasteiger partial charge in [0.1, 0.15) is 17.5 Å². The fourth-order valence-electron chi connectivity index (χ4n) is 7.80. The summed E-state index contributed by atoms with van der Waals surface area (Å²) < 4.78 is 9.00. The molecule has 3 unspecified atom stereocenters. The first-order chi connectivity index (χ1) is 24.8.